The van der Waals surface area contributed by atoms with Gasteiger partial charge in [-0.25, -0.2) is 9.07 Å². The van der Waals surface area contributed by atoms with Crippen LogP contribution in [0.4, 0.5) is 10.1 Å². The van der Waals surface area contributed by atoms with Crippen molar-refractivity contribution in [3.05, 3.63) is 42.5 Å². The van der Waals surface area contributed by atoms with E-state index in [1.165, 1.54) is 16.9 Å². The topological polar surface area (TPSA) is 68.2 Å². The summed E-state index contributed by atoms with van der Waals surface area (Å²) >= 11 is 0. The zero-order valence-corrected chi connectivity index (χ0v) is 12.1. The van der Waals surface area contributed by atoms with Crippen molar-refractivity contribution in [2.75, 3.05) is 19.0 Å². The number of carbonyl (C=O) groups is 1. The third kappa shape index (κ3) is 3.00. The summed E-state index contributed by atoms with van der Waals surface area (Å²) in [7, 11) is 1.63. The van der Waals surface area contributed by atoms with E-state index in [1.807, 2.05) is 0 Å². The number of ether oxygens (including phenoxy) is 1. The van der Waals surface area contributed by atoms with Gasteiger partial charge in [-0.15, -0.1) is 0 Å². The highest BCUT2D eigenvalue weighted by atomic mass is 19.1. The third-order valence-corrected chi connectivity index (χ3v) is 3.69. The number of nitrogens with zero attached hydrogens (tertiary/aromatic N) is 2. The van der Waals surface area contributed by atoms with Gasteiger partial charge >= 0.3 is 0 Å². The van der Waals surface area contributed by atoms with Crippen molar-refractivity contribution in [2.24, 2.45) is 0 Å². The standard InChI is InChI=1S/C15H17FN4O2/c1-22-11-6-13(17-8-11)15(21)19-10-7-18-20(9-10)14-5-3-2-4-12(14)16/h2-5,7,9,11,13,17H,6,8H2,1H3,(H,19,21)/t11-,13-/m0/s1. The van der Waals surface area contributed by atoms with E-state index in [0.717, 1.165) is 0 Å². The Labute approximate surface area is 127 Å². The van der Waals surface area contributed by atoms with Gasteiger partial charge in [0.05, 0.1) is 30.2 Å². The van der Waals surface area contributed by atoms with Crippen LogP contribution in [0.25, 0.3) is 5.69 Å². The van der Waals surface area contributed by atoms with Gasteiger partial charge in [0.1, 0.15) is 11.5 Å². The molecule has 1 aromatic heterocycles. The highest BCUT2D eigenvalue weighted by molar-refractivity contribution is 5.94. The first-order valence-electron chi connectivity index (χ1n) is 7.04. The van der Waals surface area contributed by atoms with Crippen LogP contribution in [0.15, 0.2) is 36.7 Å². The molecule has 1 fully saturated rings. The molecule has 0 saturated carbocycles. The van der Waals surface area contributed by atoms with E-state index in [1.54, 1.807) is 31.5 Å². The number of rotatable bonds is 4. The minimum Gasteiger partial charge on any atom is -0.380 e. The summed E-state index contributed by atoms with van der Waals surface area (Å²) in [6.45, 7) is 0.656. The lowest BCUT2D eigenvalue weighted by Crippen LogP contribution is -2.35. The van der Waals surface area contributed by atoms with Gasteiger partial charge in [0.25, 0.3) is 0 Å². The molecule has 0 aliphatic carbocycles. The second kappa shape index (κ2) is 6.25. The summed E-state index contributed by atoms with van der Waals surface area (Å²) in [6, 6.07) is 6.04. The van der Waals surface area contributed by atoms with Crippen molar-refractivity contribution in [3.63, 3.8) is 0 Å². The average molecular weight is 304 g/mol. The summed E-state index contributed by atoms with van der Waals surface area (Å²) in [5.41, 5.74) is 0.859. The number of hydrogen-bond acceptors (Lipinski definition) is 4. The fourth-order valence-electron chi connectivity index (χ4n) is 2.47. The third-order valence-electron chi connectivity index (χ3n) is 3.69. The molecule has 116 valence electrons. The number of hydrogen-bond donors (Lipinski definition) is 2. The van der Waals surface area contributed by atoms with Crippen LogP contribution in [0.3, 0.4) is 0 Å². The van der Waals surface area contributed by atoms with E-state index in [9.17, 15) is 9.18 Å². The van der Waals surface area contributed by atoms with Crippen LogP contribution >= 0.6 is 0 Å². The number of benzene rings is 1. The van der Waals surface area contributed by atoms with Gasteiger partial charge in [-0.1, -0.05) is 12.1 Å². The predicted octanol–water partition coefficient (Wildman–Crippen LogP) is 1.33. The maximum atomic E-state index is 13.7. The van der Waals surface area contributed by atoms with E-state index < -0.39 is 0 Å². The summed E-state index contributed by atoms with van der Waals surface area (Å²) in [6.07, 6.45) is 3.76. The highest BCUT2D eigenvalue weighted by Crippen LogP contribution is 2.16. The van der Waals surface area contributed by atoms with Crippen LogP contribution in [0, 0.1) is 5.82 Å². The van der Waals surface area contributed by atoms with Crippen molar-refractivity contribution in [2.45, 2.75) is 18.6 Å². The van der Waals surface area contributed by atoms with Crippen molar-refractivity contribution in [1.29, 1.82) is 0 Å². The van der Waals surface area contributed by atoms with Gasteiger partial charge in [-0.3, -0.25) is 4.79 Å². The lowest BCUT2D eigenvalue weighted by molar-refractivity contribution is -0.118. The molecule has 7 heteroatoms. The molecule has 2 N–H and O–H groups in total. The average Bonchev–Trinajstić information content (AvgIpc) is 3.16. The summed E-state index contributed by atoms with van der Waals surface area (Å²) in [5, 5.41) is 9.95. The van der Waals surface area contributed by atoms with Gasteiger partial charge in [-0.05, 0) is 18.6 Å². The number of nitrogens with one attached hydrogen (secondary N) is 2. The largest absolute Gasteiger partial charge is 0.380 e. The summed E-state index contributed by atoms with van der Waals surface area (Å²) in [4.78, 5) is 12.1. The van der Waals surface area contributed by atoms with Crippen LogP contribution in [0.5, 0.6) is 0 Å². The molecule has 0 unspecified atom stereocenters. The van der Waals surface area contributed by atoms with E-state index in [0.29, 0.717) is 24.3 Å². The molecule has 0 radical (unpaired) electrons. The number of aromatic nitrogens is 2. The first-order valence-corrected chi connectivity index (χ1v) is 7.04. The van der Waals surface area contributed by atoms with E-state index in [-0.39, 0.29) is 23.9 Å². The molecule has 1 aliphatic heterocycles. The Kier molecular flexibility index (Phi) is 4.17. The number of amides is 1. The van der Waals surface area contributed by atoms with Crippen LogP contribution in [0.2, 0.25) is 0 Å². The number of halogens is 1. The van der Waals surface area contributed by atoms with Crippen molar-refractivity contribution < 1.29 is 13.9 Å². The van der Waals surface area contributed by atoms with E-state index in [4.69, 9.17) is 4.74 Å². The van der Waals surface area contributed by atoms with E-state index >= 15 is 0 Å². The quantitative estimate of drug-likeness (QED) is 0.894. The van der Waals surface area contributed by atoms with Crippen LogP contribution in [-0.2, 0) is 9.53 Å². The molecule has 1 saturated heterocycles. The molecular weight excluding hydrogens is 287 g/mol. The Morgan fingerprint density at radius 3 is 3.05 bits per heavy atom. The number of anilines is 1. The summed E-state index contributed by atoms with van der Waals surface area (Å²) in [5.74, 6) is -0.517. The zero-order chi connectivity index (χ0) is 15.5. The minimum atomic E-state index is -0.371. The number of para-hydroxylation sites is 1. The van der Waals surface area contributed by atoms with Crippen molar-refractivity contribution in [3.8, 4) is 5.69 Å². The van der Waals surface area contributed by atoms with Crippen LogP contribution < -0.4 is 10.6 Å². The first-order chi connectivity index (χ1) is 10.7. The molecule has 22 heavy (non-hydrogen) atoms. The van der Waals surface area contributed by atoms with Gasteiger partial charge in [-0.2, -0.15) is 5.10 Å². The Hall–Kier alpha value is -2.25. The normalized spacial score (nSPS) is 21.0. The molecule has 3 rings (SSSR count). The van der Waals surface area contributed by atoms with Gasteiger partial charge in [0, 0.05) is 13.7 Å². The molecule has 2 atom stereocenters. The molecule has 2 aromatic rings. The number of carbonyl (C=O) groups excluding carboxylic acids is 1. The molecule has 1 amide bonds. The first kappa shape index (κ1) is 14.7. The molecule has 1 aromatic carbocycles. The molecule has 0 spiro atoms. The molecule has 2 heterocycles. The van der Waals surface area contributed by atoms with Gasteiger partial charge in [0.15, 0.2) is 0 Å². The Bertz CT molecular complexity index is 673. The fraction of sp³-hybridized carbons (Fsp3) is 0.333. The predicted molar refractivity (Wildman–Crippen MR) is 79.4 cm³/mol. The van der Waals surface area contributed by atoms with Crippen molar-refractivity contribution >= 4 is 11.6 Å². The molecular formula is C15H17FN4O2. The monoisotopic (exact) mass is 304 g/mol. The lowest BCUT2D eigenvalue weighted by atomic mass is 10.2. The van der Waals surface area contributed by atoms with Crippen molar-refractivity contribution in [1.82, 2.24) is 15.1 Å². The number of methoxy groups -OCH3 is 1. The fourth-order valence-corrected chi connectivity index (χ4v) is 2.47. The summed E-state index contributed by atoms with van der Waals surface area (Å²) < 4.78 is 20.3. The second-order valence-corrected chi connectivity index (χ2v) is 5.17. The van der Waals surface area contributed by atoms with Gasteiger partial charge in [0.2, 0.25) is 5.91 Å². The maximum Gasteiger partial charge on any atom is 0.241 e. The maximum absolute atomic E-state index is 13.7. The lowest BCUT2D eigenvalue weighted by Gasteiger charge is -2.09. The Balaban J connectivity index is 1.67. The van der Waals surface area contributed by atoms with Crippen LogP contribution in [-0.4, -0.2) is 41.5 Å². The van der Waals surface area contributed by atoms with Gasteiger partial charge < -0.3 is 15.4 Å². The molecule has 1 aliphatic rings. The zero-order valence-electron chi connectivity index (χ0n) is 12.1. The smallest absolute Gasteiger partial charge is 0.241 e. The Morgan fingerprint density at radius 1 is 1.50 bits per heavy atom. The minimum absolute atomic E-state index is 0.0527. The Morgan fingerprint density at radius 2 is 2.32 bits per heavy atom. The molecule has 0 bridgehead atoms. The van der Waals surface area contributed by atoms with E-state index in [2.05, 4.69) is 15.7 Å². The molecule has 6 nitrogen and oxygen atoms in total. The highest BCUT2D eigenvalue weighted by Gasteiger charge is 2.29. The SMILES string of the molecule is CO[C@@H]1CN[C@H](C(=O)Nc2cnn(-c3ccccc3F)c2)C1. The van der Waals surface area contributed by atoms with Crippen LogP contribution in [0.1, 0.15) is 6.42 Å². The second-order valence-electron chi connectivity index (χ2n) is 5.17.